The van der Waals surface area contributed by atoms with Gasteiger partial charge in [0.25, 0.3) is 5.69 Å². The Hall–Kier alpha value is -2.11. The zero-order valence-electron chi connectivity index (χ0n) is 8.31. The molecule has 15 heavy (non-hydrogen) atoms. The molecule has 0 aromatic heterocycles. The van der Waals surface area contributed by atoms with Crippen molar-refractivity contribution in [2.24, 2.45) is 0 Å². The first-order valence-electron chi connectivity index (χ1n) is 4.10. The quantitative estimate of drug-likeness (QED) is 0.352. The molecule has 0 spiro atoms. The third-order valence-corrected chi connectivity index (χ3v) is 1.92. The number of nitro benzene ring substituents is 1. The Morgan fingerprint density at radius 1 is 1.53 bits per heavy atom. The molecule has 6 heteroatoms. The first kappa shape index (κ1) is 11.0. The number of ether oxygens (including phenoxy) is 1. The number of hydrogen-bond acceptors (Lipinski definition) is 5. The van der Waals surface area contributed by atoms with Gasteiger partial charge in [0.1, 0.15) is 5.75 Å². The average Bonchev–Trinajstić information content (AvgIpc) is 2.16. The molecule has 6 nitrogen and oxygen atoms in total. The van der Waals surface area contributed by atoms with Crippen molar-refractivity contribution in [2.75, 3.05) is 12.8 Å². The van der Waals surface area contributed by atoms with Gasteiger partial charge < -0.3 is 10.5 Å². The molecular weight excluding hydrogens is 200 g/mol. The van der Waals surface area contributed by atoms with Gasteiger partial charge in [-0.25, -0.2) is 0 Å². The highest BCUT2D eigenvalue weighted by atomic mass is 16.6. The predicted molar refractivity (Wildman–Crippen MR) is 54.1 cm³/mol. The van der Waals surface area contributed by atoms with Crippen LogP contribution in [0.1, 0.15) is 17.3 Å². The number of methoxy groups -OCH3 is 1. The lowest BCUT2D eigenvalue weighted by Gasteiger charge is -2.06. The summed E-state index contributed by atoms with van der Waals surface area (Å²) in [5.41, 5.74) is 5.32. The van der Waals surface area contributed by atoms with Crippen molar-refractivity contribution in [2.45, 2.75) is 6.92 Å². The van der Waals surface area contributed by atoms with E-state index in [1.165, 1.54) is 20.1 Å². The molecule has 0 amide bonds. The van der Waals surface area contributed by atoms with Gasteiger partial charge in [-0.15, -0.1) is 0 Å². The molecule has 0 aliphatic rings. The van der Waals surface area contributed by atoms with Crippen LogP contribution in [0.15, 0.2) is 12.1 Å². The molecule has 1 aromatic rings. The van der Waals surface area contributed by atoms with Crippen LogP contribution in [0.3, 0.4) is 0 Å². The predicted octanol–water partition coefficient (Wildman–Crippen LogP) is 1.39. The van der Waals surface area contributed by atoms with Crippen LogP contribution in [0.4, 0.5) is 11.4 Å². The van der Waals surface area contributed by atoms with Crippen molar-refractivity contribution in [1.29, 1.82) is 0 Å². The van der Waals surface area contributed by atoms with Crippen LogP contribution in [0, 0.1) is 10.1 Å². The fourth-order valence-corrected chi connectivity index (χ4v) is 1.19. The molecule has 80 valence electrons. The Kier molecular flexibility index (Phi) is 2.89. The van der Waals surface area contributed by atoms with Crippen molar-refractivity contribution in [1.82, 2.24) is 0 Å². The second-order valence-corrected chi connectivity index (χ2v) is 2.92. The van der Waals surface area contributed by atoms with E-state index in [0.29, 0.717) is 0 Å². The monoisotopic (exact) mass is 210 g/mol. The Morgan fingerprint density at radius 2 is 2.13 bits per heavy atom. The van der Waals surface area contributed by atoms with Gasteiger partial charge in [0.15, 0.2) is 5.78 Å². The third-order valence-electron chi connectivity index (χ3n) is 1.92. The van der Waals surface area contributed by atoms with Crippen LogP contribution in [0.5, 0.6) is 5.75 Å². The summed E-state index contributed by atoms with van der Waals surface area (Å²) in [5.74, 6) is -0.147. The number of nitrogens with two attached hydrogens (primary N) is 1. The minimum atomic E-state index is -0.646. The average molecular weight is 210 g/mol. The molecule has 0 heterocycles. The minimum Gasteiger partial charge on any atom is -0.495 e. The first-order valence-corrected chi connectivity index (χ1v) is 4.10. The fraction of sp³-hybridized carbons (Fsp3) is 0.222. The highest BCUT2D eigenvalue weighted by Gasteiger charge is 2.20. The van der Waals surface area contributed by atoms with Crippen LogP contribution in [0.2, 0.25) is 0 Å². The molecule has 1 aromatic carbocycles. The molecule has 0 saturated carbocycles. The van der Waals surface area contributed by atoms with Gasteiger partial charge in [0.2, 0.25) is 0 Å². The summed E-state index contributed by atoms with van der Waals surface area (Å²) in [6, 6.07) is 2.39. The van der Waals surface area contributed by atoms with Crippen LogP contribution in [-0.4, -0.2) is 17.8 Å². The number of benzene rings is 1. The zero-order chi connectivity index (χ0) is 11.6. The molecule has 0 saturated heterocycles. The van der Waals surface area contributed by atoms with E-state index in [9.17, 15) is 14.9 Å². The van der Waals surface area contributed by atoms with Crippen LogP contribution in [-0.2, 0) is 0 Å². The SMILES string of the molecule is COc1cc(C(C)=O)c([N+](=O)[O-])cc1N. The molecule has 1 rings (SSSR count). The summed E-state index contributed by atoms with van der Waals surface area (Å²) >= 11 is 0. The minimum absolute atomic E-state index is 0.00829. The normalized spacial score (nSPS) is 9.73. The number of carbonyl (C=O) groups is 1. The molecule has 0 fully saturated rings. The number of ketones is 1. The number of nitrogens with zero attached hydrogens (tertiary/aromatic N) is 1. The summed E-state index contributed by atoms with van der Waals surface area (Å²) in [6.45, 7) is 1.25. The largest absolute Gasteiger partial charge is 0.495 e. The van der Waals surface area contributed by atoms with Crippen LogP contribution < -0.4 is 10.5 Å². The lowest BCUT2D eigenvalue weighted by atomic mass is 10.1. The van der Waals surface area contributed by atoms with E-state index in [1.807, 2.05) is 0 Å². The second-order valence-electron chi connectivity index (χ2n) is 2.92. The number of rotatable bonds is 3. The number of anilines is 1. The Morgan fingerprint density at radius 3 is 2.53 bits per heavy atom. The molecule has 0 aliphatic carbocycles. The number of hydrogen-bond donors (Lipinski definition) is 1. The molecule has 2 N–H and O–H groups in total. The summed E-state index contributed by atoms with van der Waals surface area (Å²) < 4.78 is 4.87. The molecule has 0 bridgehead atoms. The highest BCUT2D eigenvalue weighted by Crippen LogP contribution is 2.30. The summed E-state index contributed by atoms with van der Waals surface area (Å²) in [6.07, 6.45) is 0. The van der Waals surface area contributed by atoms with Crippen molar-refractivity contribution in [3.8, 4) is 5.75 Å². The fourth-order valence-electron chi connectivity index (χ4n) is 1.19. The lowest BCUT2D eigenvalue weighted by molar-refractivity contribution is -0.385. The third kappa shape index (κ3) is 2.04. The number of nitro groups is 1. The van der Waals surface area contributed by atoms with E-state index in [1.54, 1.807) is 0 Å². The topological polar surface area (TPSA) is 95.5 Å². The highest BCUT2D eigenvalue weighted by molar-refractivity contribution is 5.99. The molecule has 0 unspecified atom stereocenters. The van der Waals surface area contributed by atoms with Gasteiger partial charge in [-0.3, -0.25) is 14.9 Å². The Bertz CT molecular complexity index is 428. The van der Waals surface area contributed by atoms with E-state index in [-0.39, 0.29) is 22.7 Å². The Labute approximate surface area is 85.8 Å². The van der Waals surface area contributed by atoms with Crippen molar-refractivity contribution >= 4 is 17.2 Å². The number of nitrogen functional groups attached to an aromatic ring is 1. The van der Waals surface area contributed by atoms with Crippen LogP contribution >= 0.6 is 0 Å². The van der Waals surface area contributed by atoms with Gasteiger partial charge in [-0.1, -0.05) is 0 Å². The van der Waals surface area contributed by atoms with Crippen molar-refractivity contribution < 1.29 is 14.5 Å². The van der Waals surface area contributed by atoms with Crippen molar-refractivity contribution in [3.63, 3.8) is 0 Å². The van der Waals surface area contributed by atoms with E-state index < -0.39 is 10.7 Å². The van der Waals surface area contributed by atoms with Gasteiger partial charge in [-0.2, -0.15) is 0 Å². The second kappa shape index (κ2) is 3.95. The maximum Gasteiger partial charge on any atom is 0.282 e. The first-order chi connectivity index (χ1) is 6.97. The van der Waals surface area contributed by atoms with Gasteiger partial charge in [0, 0.05) is 6.07 Å². The van der Waals surface area contributed by atoms with Gasteiger partial charge in [0.05, 0.1) is 23.3 Å². The standard InChI is InChI=1S/C9H10N2O4/c1-5(12)6-3-9(15-2)7(10)4-8(6)11(13)14/h3-4H,10H2,1-2H3. The van der Waals surface area contributed by atoms with E-state index in [0.717, 1.165) is 6.07 Å². The smallest absolute Gasteiger partial charge is 0.282 e. The maximum absolute atomic E-state index is 11.1. The zero-order valence-corrected chi connectivity index (χ0v) is 8.31. The lowest BCUT2D eigenvalue weighted by Crippen LogP contribution is -2.03. The Balaban J connectivity index is 3.45. The molecular formula is C9H10N2O4. The molecule has 0 aliphatic heterocycles. The van der Waals surface area contributed by atoms with E-state index in [4.69, 9.17) is 10.5 Å². The maximum atomic E-state index is 11.1. The summed E-state index contributed by atoms with van der Waals surface area (Å²) in [7, 11) is 1.38. The van der Waals surface area contributed by atoms with E-state index >= 15 is 0 Å². The number of Topliss-reactive ketones (excluding diaryl/α,β-unsaturated/α-hetero) is 1. The molecule has 0 atom stereocenters. The van der Waals surface area contributed by atoms with Crippen molar-refractivity contribution in [3.05, 3.63) is 27.8 Å². The summed E-state index contributed by atoms with van der Waals surface area (Å²) in [4.78, 5) is 21.1. The summed E-state index contributed by atoms with van der Waals surface area (Å²) in [5, 5.41) is 10.6. The van der Waals surface area contributed by atoms with E-state index in [2.05, 4.69) is 0 Å². The number of carbonyl (C=O) groups excluding carboxylic acids is 1. The van der Waals surface area contributed by atoms with Crippen LogP contribution in [0.25, 0.3) is 0 Å². The van der Waals surface area contributed by atoms with Gasteiger partial charge >= 0.3 is 0 Å². The van der Waals surface area contributed by atoms with Gasteiger partial charge in [-0.05, 0) is 13.0 Å². The molecule has 0 radical (unpaired) electrons.